The van der Waals surface area contributed by atoms with Crippen molar-refractivity contribution < 1.29 is 24.9 Å². The van der Waals surface area contributed by atoms with Gasteiger partial charge in [-0.25, -0.2) is 0 Å². The van der Waals surface area contributed by atoms with Gasteiger partial charge >= 0.3 is 24.9 Å². The standard InChI is InChI=1S/CHO.CO.Co/c2*1-2;/h1H;;/q-1;;. The van der Waals surface area contributed by atoms with E-state index in [-0.39, 0.29) is 0 Å². The molecule has 0 atom stereocenters. The fourth-order valence-corrected chi connectivity index (χ4v) is 0. The van der Waals surface area contributed by atoms with Gasteiger partial charge in [-0.05, 0) is 0 Å². The van der Waals surface area contributed by atoms with E-state index < -0.39 is 0 Å². The second-order valence-corrected chi connectivity index (χ2v) is 0.281. The van der Waals surface area contributed by atoms with Crippen molar-refractivity contribution in [3.8, 4) is 0 Å². The van der Waals surface area contributed by atoms with Gasteiger partial charge in [0.2, 0.25) is 0 Å². The minimum absolute atomic E-state index is 1.19. The summed E-state index contributed by atoms with van der Waals surface area (Å²) in [5.41, 5.74) is 0. The molecular formula is C2HCoO2-. The molecule has 0 unspecified atom stereocenters. The monoisotopic (exact) mass is 116 g/mol. The average molecular weight is 116 g/mol. The van der Waals surface area contributed by atoms with E-state index in [1.807, 2.05) is 0 Å². The Balaban J connectivity index is 0. The zero-order valence-electron chi connectivity index (χ0n) is 2.23. The van der Waals surface area contributed by atoms with Crippen molar-refractivity contribution in [3.05, 3.63) is 0 Å². The molecule has 0 N–H and O–H groups in total. The Morgan fingerprint density at radius 3 is 1.60 bits per heavy atom. The quantitative estimate of drug-likeness (QED) is 0.310. The first-order chi connectivity index (χ1) is 2.41. The van der Waals surface area contributed by atoms with Gasteiger partial charge in [0.05, 0.1) is 0 Å². The molecule has 0 radical (unpaired) electrons. The molecule has 5 heavy (non-hydrogen) atoms. The second kappa shape index (κ2) is 49.9. The molecule has 0 amide bonds. The molecule has 2 nitrogen and oxygen atoms in total. The van der Waals surface area contributed by atoms with Crippen molar-refractivity contribution in [2.45, 2.75) is 0 Å². The minimum Gasteiger partial charge on any atom is -0.545 e. The van der Waals surface area contributed by atoms with Gasteiger partial charge in [0.15, 0.2) is 0 Å². The predicted octanol–water partition coefficient (Wildman–Crippen LogP) is -0.674. The summed E-state index contributed by atoms with van der Waals surface area (Å²) in [6.45, 7) is 3.25. The summed E-state index contributed by atoms with van der Waals surface area (Å²) < 4.78 is 0. The molecule has 0 heterocycles. The number of rotatable bonds is 0. The molecule has 0 aliphatic rings. The zero-order chi connectivity index (χ0) is 4.71. The summed E-state index contributed by atoms with van der Waals surface area (Å²) >= 11 is 3.02. The van der Waals surface area contributed by atoms with Gasteiger partial charge in [0.1, 0.15) is 0 Å². The first-order valence-corrected chi connectivity index (χ1v) is 1.13. The van der Waals surface area contributed by atoms with Gasteiger partial charge in [-0.2, -0.15) is 0 Å². The number of hydrogen-bond acceptors (Lipinski definition) is 2. The molecule has 0 aliphatic carbocycles. The molecule has 0 aromatic heterocycles. The van der Waals surface area contributed by atoms with Crippen molar-refractivity contribution >= 4 is 11.6 Å². The average Bonchev–Trinajstić information content (AvgIpc) is 1.46. The Hall–Kier alpha value is -0.244. The first kappa shape index (κ1) is 8.83. The van der Waals surface area contributed by atoms with Crippen LogP contribution in [0.25, 0.3) is 0 Å². The van der Waals surface area contributed by atoms with Crippen LogP contribution in [0.15, 0.2) is 0 Å². The van der Waals surface area contributed by atoms with Crippen LogP contribution in [0.1, 0.15) is 0 Å². The summed E-state index contributed by atoms with van der Waals surface area (Å²) in [5.74, 6) is 0. The van der Waals surface area contributed by atoms with E-state index in [1.165, 1.54) is 4.82 Å². The van der Waals surface area contributed by atoms with Gasteiger partial charge in [-0.3, -0.25) is 6.79 Å². The van der Waals surface area contributed by atoms with Crippen molar-refractivity contribution in [3.63, 3.8) is 0 Å². The number of carbonyl (C=O) groups excluding carboxylic acids is 2. The van der Waals surface area contributed by atoms with E-state index in [0.29, 0.717) is 0 Å². The van der Waals surface area contributed by atoms with Gasteiger partial charge in [-0.15, -0.1) is 0 Å². The maximum absolute atomic E-state index is 8.54. The first-order valence-electron chi connectivity index (χ1n) is 0.606. The summed E-state index contributed by atoms with van der Waals surface area (Å²) in [5, 5.41) is 0. The van der Waals surface area contributed by atoms with E-state index in [4.69, 9.17) is 9.59 Å². The molecule has 0 aromatic rings. The van der Waals surface area contributed by atoms with Crippen LogP contribution in [0.5, 0.6) is 0 Å². The van der Waals surface area contributed by atoms with Gasteiger partial charge in [0.25, 0.3) is 0 Å². The topological polar surface area (TPSA) is 34.1 Å². The molecule has 0 fully saturated rings. The summed E-state index contributed by atoms with van der Waals surface area (Å²) in [4.78, 5) is 17.5. The fourth-order valence-electron chi connectivity index (χ4n) is 0. The van der Waals surface area contributed by atoms with Crippen molar-refractivity contribution in [1.82, 2.24) is 0 Å². The van der Waals surface area contributed by atoms with Crippen molar-refractivity contribution in [2.24, 2.45) is 0 Å². The van der Waals surface area contributed by atoms with Gasteiger partial charge < -0.3 is 4.79 Å². The summed E-state index contributed by atoms with van der Waals surface area (Å²) in [7, 11) is 0. The molecule has 0 saturated carbocycles. The van der Waals surface area contributed by atoms with E-state index in [1.54, 1.807) is 0 Å². The van der Waals surface area contributed by atoms with Crippen LogP contribution in [0.4, 0.5) is 0 Å². The molecule has 0 bridgehead atoms. The van der Waals surface area contributed by atoms with E-state index in [0.717, 1.165) is 0 Å². The largest absolute Gasteiger partial charge is 0.545 e. The van der Waals surface area contributed by atoms with Crippen LogP contribution in [0.3, 0.4) is 0 Å². The third-order valence-corrected chi connectivity index (χ3v) is 0. The van der Waals surface area contributed by atoms with Crippen LogP contribution in [0, 0.1) is 0 Å². The minimum atomic E-state index is 1.19. The molecule has 0 aliphatic heterocycles. The van der Waals surface area contributed by atoms with E-state index >= 15 is 0 Å². The third-order valence-electron chi connectivity index (χ3n) is 0. The Labute approximate surface area is 37.3 Å². The molecule has 3 heteroatoms. The smallest absolute Gasteiger partial charge is 0.282 e. The molecule has 0 saturated heterocycles. The van der Waals surface area contributed by atoms with Crippen molar-refractivity contribution in [2.75, 3.05) is 0 Å². The maximum atomic E-state index is 8.54. The number of hydrogen-bond donors (Lipinski definition) is 0. The molecule has 0 spiro atoms. The summed E-state index contributed by atoms with van der Waals surface area (Å²) in [6, 6.07) is 0. The third kappa shape index (κ3) is 195. The molecular weight excluding hydrogens is 115 g/mol. The van der Waals surface area contributed by atoms with Crippen LogP contribution < -0.4 is 0 Å². The predicted molar refractivity (Wildman–Crippen MR) is 12.4 cm³/mol. The second-order valence-electron chi connectivity index (χ2n) is 0.0680. The maximum Gasteiger partial charge on any atom is -0.282 e. The molecule has 0 aromatic carbocycles. The van der Waals surface area contributed by atoms with Crippen LogP contribution in [0.2, 0.25) is 0 Å². The van der Waals surface area contributed by atoms with Gasteiger partial charge in [-0.1, -0.05) is 0 Å². The molecule has 31 valence electrons. The van der Waals surface area contributed by atoms with Crippen LogP contribution in [-0.2, 0) is 24.9 Å². The molecule has 0 rings (SSSR count). The van der Waals surface area contributed by atoms with Crippen LogP contribution in [-0.4, -0.2) is 11.6 Å². The normalized spacial score (nSPS) is 2.60. The Morgan fingerprint density at radius 2 is 1.60 bits per heavy atom. The summed E-state index contributed by atoms with van der Waals surface area (Å²) in [6.07, 6.45) is 0. The van der Waals surface area contributed by atoms with Crippen LogP contribution >= 0.6 is 0 Å². The Bertz CT molecular complexity index is 36.9. The fraction of sp³-hybridized carbons (Fsp3) is 0. The Kier molecular flexibility index (Phi) is 88.1. The Morgan fingerprint density at radius 1 is 1.60 bits per heavy atom. The SMILES string of the molecule is O=[C]=[Co].[CH-]=O. The van der Waals surface area contributed by atoms with Crippen molar-refractivity contribution in [1.29, 1.82) is 0 Å². The van der Waals surface area contributed by atoms with E-state index in [2.05, 4.69) is 22.1 Å². The van der Waals surface area contributed by atoms with Gasteiger partial charge in [0, 0.05) is 0 Å². The van der Waals surface area contributed by atoms with E-state index in [9.17, 15) is 0 Å². The zero-order valence-corrected chi connectivity index (χ0v) is 3.27.